The first-order chi connectivity index (χ1) is 9.60. The van der Waals surface area contributed by atoms with Gasteiger partial charge in [-0.25, -0.2) is 0 Å². The molecule has 3 nitrogen and oxygen atoms in total. The fraction of sp³-hybridized carbons (Fsp3) is 0.625. The molecule has 2 N–H and O–H groups in total. The number of likely N-dealkylation sites (N-methyl/N-ethyl adjacent to an activating group) is 1. The molecule has 0 saturated heterocycles. The largest absolute Gasteiger partial charge is 0.491 e. The van der Waals surface area contributed by atoms with Crippen molar-refractivity contribution in [3.05, 3.63) is 28.8 Å². The Labute approximate surface area is 128 Å². The number of benzene rings is 1. The predicted octanol–water partition coefficient (Wildman–Crippen LogP) is 3.34. The molecule has 0 aliphatic heterocycles. The number of hydrogen-bond acceptors (Lipinski definition) is 3. The molecule has 1 rings (SSSR count). The Morgan fingerprint density at radius 3 is 2.50 bits per heavy atom. The zero-order valence-electron chi connectivity index (χ0n) is 12.9. The highest BCUT2D eigenvalue weighted by atomic mass is 35.5. The molecule has 1 aromatic carbocycles. The SMILES string of the molecule is CCC(N)Cc1ccc(OCCN(CC)CC)c(Cl)c1. The third-order valence-corrected chi connectivity index (χ3v) is 3.87. The average Bonchev–Trinajstić information content (AvgIpc) is 2.45. The lowest BCUT2D eigenvalue weighted by Gasteiger charge is -2.18. The Bertz CT molecular complexity index is 394. The molecule has 0 aliphatic carbocycles. The minimum atomic E-state index is 0.195. The summed E-state index contributed by atoms with van der Waals surface area (Å²) in [7, 11) is 0. The second-order valence-electron chi connectivity index (χ2n) is 5.01. The van der Waals surface area contributed by atoms with Gasteiger partial charge in [-0.2, -0.15) is 0 Å². The van der Waals surface area contributed by atoms with Crippen molar-refractivity contribution in [2.75, 3.05) is 26.2 Å². The van der Waals surface area contributed by atoms with Gasteiger partial charge in [-0.05, 0) is 43.6 Å². The van der Waals surface area contributed by atoms with Crippen LogP contribution in [0.4, 0.5) is 0 Å². The smallest absolute Gasteiger partial charge is 0.137 e. The number of halogens is 1. The maximum Gasteiger partial charge on any atom is 0.137 e. The number of nitrogens with two attached hydrogens (primary N) is 1. The molecule has 0 saturated carbocycles. The van der Waals surface area contributed by atoms with Gasteiger partial charge in [-0.15, -0.1) is 0 Å². The van der Waals surface area contributed by atoms with Gasteiger partial charge in [-0.1, -0.05) is 38.4 Å². The standard InChI is InChI=1S/C16H27ClN2O/c1-4-14(18)11-13-7-8-16(15(17)12-13)20-10-9-19(5-2)6-3/h7-8,12,14H,4-6,9-11,18H2,1-3H3. The van der Waals surface area contributed by atoms with Gasteiger partial charge in [0.25, 0.3) is 0 Å². The third-order valence-electron chi connectivity index (χ3n) is 3.58. The van der Waals surface area contributed by atoms with Crippen LogP contribution in [-0.4, -0.2) is 37.2 Å². The Hall–Kier alpha value is -0.770. The van der Waals surface area contributed by atoms with Crippen LogP contribution < -0.4 is 10.5 Å². The van der Waals surface area contributed by atoms with E-state index in [0.717, 1.165) is 38.2 Å². The molecule has 0 heterocycles. The maximum atomic E-state index is 6.26. The molecule has 0 amide bonds. The van der Waals surface area contributed by atoms with Crippen molar-refractivity contribution in [1.29, 1.82) is 0 Å². The lowest BCUT2D eigenvalue weighted by molar-refractivity contribution is 0.223. The van der Waals surface area contributed by atoms with Gasteiger partial charge in [-0.3, -0.25) is 0 Å². The van der Waals surface area contributed by atoms with Gasteiger partial charge < -0.3 is 15.4 Å². The van der Waals surface area contributed by atoms with Crippen LogP contribution >= 0.6 is 11.6 Å². The van der Waals surface area contributed by atoms with E-state index in [1.807, 2.05) is 18.2 Å². The Morgan fingerprint density at radius 1 is 1.25 bits per heavy atom. The highest BCUT2D eigenvalue weighted by Crippen LogP contribution is 2.26. The van der Waals surface area contributed by atoms with Crippen LogP contribution in [0, 0.1) is 0 Å². The van der Waals surface area contributed by atoms with E-state index in [2.05, 4.69) is 25.7 Å². The van der Waals surface area contributed by atoms with Crippen molar-refractivity contribution in [3.63, 3.8) is 0 Å². The van der Waals surface area contributed by atoms with E-state index >= 15 is 0 Å². The average molecular weight is 299 g/mol. The molecule has 1 atom stereocenters. The fourth-order valence-electron chi connectivity index (χ4n) is 2.06. The monoisotopic (exact) mass is 298 g/mol. The summed E-state index contributed by atoms with van der Waals surface area (Å²) in [6.07, 6.45) is 1.83. The van der Waals surface area contributed by atoms with Crippen LogP contribution in [0.15, 0.2) is 18.2 Å². The van der Waals surface area contributed by atoms with E-state index in [-0.39, 0.29) is 6.04 Å². The van der Waals surface area contributed by atoms with E-state index in [1.54, 1.807) is 0 Å². The highest BCUT2D eigenvalue weighted by molar-refractivity contribution is 6.32. The van der Waals surface area contributed by atoms with Gasteiger partial charge in [0, 0.05) is 12.6 Å². The van der Waals surface area contributed by atoms with Crippen molar-refractivity contribution in [2.45, 2.75) is 39.7 Å². The summed E-state index contributed by atoms with van der Waals surface area (Å²) in [6.45, 7) is 10.1. The molecule has 0 radical (unpaired) electrons. The second-order valence-corrected chi connectivity index (χ2v) is 5.42. The van der Waals surface area contributed by atoms with E-state index in [9.17, 15) is 0 Å². The molecule has 1 unspecified atom stereocenters. The summed E-state index contributed by atoms with van der Waals surface area (Å²) < 4.78 is 5.75. The Balaban J connectivity index is 2.51. The van der Waals surface area contributed by atoms with Gasteiger partial charge in [0.05, 0.1) is 5.02 Å². The van der Waals surface area contributed by atoms with E-state index in [0.29, 0.717) is 11.6 Å². The summed E-state index contributed by atoms with van der Waals surface area (Å²) in [6, 6.07) is 6.15. The van der Waals surface area contributed by atoms with Gasteiger partial charge in [0.1, 0.15) is 12.4 Å². The van der Waals surface area contributed by atoms with Crippen molar-refractivity contribution in [2.24, 2.45) is 5.73 Å². The van der Waals surface area contributed by atoms with Crippen LogP contribution in [0.2, 0.25) is 5.02 Å². The zero-order valence-corrected chi connectivity index (χ0v) is 13.6. The molecule has 20 heavy (non-hydrogen) atoms. The van der Waals surface area contributed by atoms with E-state index in [1.165, 1.54) is 5.56 Å². The number of rotatable bonds is 9. The Kier molecular flexibility index (Phi) is 7.97. The molecule has 114 valence electrons. The van der Waals surface area contributed by atoms with Crippen molar-refractivity contribution in [3.8, 4) is 5.75 Å². The quantitative estimate of drug-likeness (QED) is 0.760. The highest BCUT2D eigenvalue weighted by Gasteiger charge is 2.07. The fourth-order valence-corrected chi connectivity index (χ4v) is 2.32. The number of hydrogen-bond donors (Lipinski definition) is 1. The topological polar surface area (TPSA) is 38.5 Å². The molecule has 0 aliphatic rings. The molecule has 0 aromatic heterocycles. The van der Waals surface area contributed by atoms with Crippen molar-refractivity contribution >= 4 is 11.6 Å². The summed E-state index contributed by atoms with van der Waals surface area (Å²) >= 11 is 6.26. The van der Waals surface area contributed by atoms with E-state index in [4.69, 9.17) is 22.1 Å². The van der Waals surface area contributed by atoms with Crippen molar-refractivity contribution in [1.82, 2.24) is 4.90 Å². The molecule has 0 bridgehead atoms. The van der Waals surface area contributed by atoms with Gasteiger partial charge >= 0.3 is 0 Å². The first kappa shape index (κ1) is 17.3. The van der Waals surface area contributed by atoms with Crippen LogP contribution in [0.25, 0.3) is 0 Å². The summed E-state index contributed by atoms with van der Waals surface area (Å²) in [5.74, 6) is 0.757. The Morgan fingerprint density at radius 2 is 1.95 bits per heavy atom. The van der Waals surface area contributed by atoms with Crippen LogP contribution in [0.5, 0.6) is 5.75 Å². The van der Waals surface area contributed by atoms with Crippen LogP contribution in [0.1, 0.15) is 32.8 Å². The molecule has 0 spiro atoms. The number of ether oxygens (including phenoxy) is 1. The van der Waals surface area contributed by atoms with Crippen LogP contribution in [0.3, 0.4) is 0 Å². The lowest BCUT2D eigenvalue weighted by Crippen LogP contribution is -2.27. The van der Waals surface area contributed by atoms with Gasteiger partial charge in [0.15, 0.2) is 0 Å². The summed E-state index contributed by atoms with van der Waals surface area (Å²) in [5, 5.41) is 0.672. The molecule has 1 aromatic rings. The first-order valence-electron chi connectivity index (χ1n) is 7.49. The third kappa shape index (κ3) is 5.70. The van der Waals surface area contributed by atoms with Crippen LogP contribution in [-0.2, 0) is 6.42 Å². The normalized spacial score (nSPS) is 12.7. The molecule has 4 heteroatoms. The molecular weight excluding hydrogens is 272 g/mol. The van der Waals surface area contributed by atoms with Gasteiger partial charge in [0.2, 0.25) is 0 Å². The first-order valence-corrected chi connectivity index (χ1v) is 7.87. The maximum absolute atomic E-state index is 6.26. The molecular formula is C16H27ClN2O. The lowest BCUT2D eigenvalue weighted by atomic mass is 10.0. The second kappa shape index (κ2) is 9.22. The molecule has 0 fully saturated rings. The summed E-state index contributed by atoms with van der Waals surface area (Å²) in [5.41, 5.74) is 7.12. The minimum Gasteiger partial charge on any atom is -0.491 e. The summed E-state index contributed by atoms with van der Waals surface area (Å²) in [4.78, 5) is 2.32. The van der Waals surface area contributed by atoms with Crippen molar-refractivity contribution < 1.29 is 4.74 Å². The minimum absolute atomic E-state index is 0.195. The zero-order chi connectivity index (χ0) is 15.0. The predicted molar refractivity (Wildman–Crippen MR) is 86.7 cm³/mol. The van der Waals surface area contributed by atoms with E-state index < -0.39 is 0 Å². The number of nitrogens with zero attached hydrogens (tertiary/aromatic N) is 1.